The molecule has 0 unspecified atom stereocenters. The predicted octanol–water partition coefficient (Wildman–Crippen LogP) is -0.983. The van der Waals surface area contributed by atoms with Crippen molar-refractivity contribution >= 4 is 7.54 Å². The summed E-state index contributed by atoms with van der Waals surface area (Å²) in [5, 5.41) is 0. The second kappa shape index (κ2) is 8.46. The van der Waals surface area contributed by atoms with Crippen LogP contribution in [-0.4, -0.2) is 7.54 Å². The Bertz CT molecular complexity index is 243. The maximum absolute atomic E-state index is 12.6. The topological polar surface area (TPSA) is 3.88 Å². The number of nitrogens with zero attached hydrogens (tertiary/aromatic N) is 1. The summed E-state index contributed by atoms with van der Waals surface area (Å²) in [6.45, 7) is 2.59. The minimum atomic E-state index is -3.67. The van der Waals surface area contributed by atoms with Gasteiger partial charge in [-0.05, 0) is 13.0 Å². The van der Waals surface area contributed by atoms with Crippen LogP contribution in [0.25, 0.3) is 0 Å². The van der Waals surface area contributed by atoms with Crippen molar-refractivity contribution in [3.8, 4) is 0 Å². The summed E-state index contributed by atoms with van der Waals surface area (Å²) in [5.41, 5.74) is 0. The summed E-state index contributed by atoms with van der Waals surface area (Å²) in [7, 11) is -3.67. The largest absolute Gasteiger partial charge is 1.00 e. The van der Waals surface area contributed by atoms with Crippen molar-refractivity contribution in [3.05, 3.63) is 30.3 Å². The molecule has 1 aromatic heterocycles. The lowest BCUT2D eigenvalue weighted by atomic mass is 10.5. The van der Waals surface area contributed by atoms with E-state index in [4.69, 9.17) is 0 Å². The van der Waals surface area contributed by atoms with Crippen molar-refractivity contribution in [2.24, 2.45) is 0 Å². The molecule has 0 aliphatic rings. The van der Waals surface area contributed by atoms with Gasteiger partial charge in [-0.25, -0.2) is 0 Å². The molecule has 80 valence electrons. The zero-order valence-electron chi connectivity index (χ0n) is 7.43. The van der Waals surface area contributed by atoms with Crippen molar-refractivity contribution in [1.82, 2.24) is 0 Å². The van der Waals surface area contributed by atoms with Crippen LogP contribution >= 0.6 is 0 Å². The number of pyridine rings is 1. The minimum absolute atomic E-state index is 0. The monoisotopic (exact) mass is 213 g/mol. The highest BCUT2D eigenvalue weighted by atomic mass is 19.4. The van der Waals surface area contributed by atoms with Gasteiger partial charge in [-0.1, -0.05) is 0 Å². The first-order valence-electron chi connectivity index (χ1n) is 3.64. The van der Waals surface area contributed by atoms with Gasteiger partial charge in [0, 0.05) is 12.1 Å². The Kier molecular flexibility index (Phi) is 9.27. The number of hydrogen-bond acceptors (Lipinski definition) is 0. The van der Waals surface area contributed by atoms with Crippen LogP contribution in [0.15, 0.2) is 24.4 Å². The van der Waals surface area contributed by atoms with Gasteiger partial charge in [0.1, 0.15) is 6.54 Å². The van der Waals surface area contributed by atoms with Gasteiger partial charge in [0.2, 0.25) is 0 Å². The molecule has 1 rings (SSSR count). The first-order chi connectivity index (χ1) is 6.07. The standard InChI is InChI=1S/C7H9FN.BF3.FH/c1-2-9-6-4-3-5-7(9)8;2-1(3)4;/h3-6H,2H2,1H3;;1H/q+1;;/p-1. The van der Waals surface area contributed by atoms with E-state index in [-0.39, 0.29) is 10.7 Å². The number of rotatable bonds is 1. The molecule has 0 aliphatic heterocycles. The van der Waals surface area contributed by atoms with E-state index in [1.165, 1.54) is 6.07 Å². The van der Waals surface area contributed by atoms with Crippen LogP contribution in [0, 0.1) is 5.95 Å². The van der Waals surface area contributed by atoms with Crippen molar-refractivity contribution in [3.63, 3.8) is 0 Å². The minimum Gasteiger partial charge on any atom is -1.00 e. The van der Waals surface area contributed by atoms with E-state index >= 15 is 0 Å². The number of halogens is 5. The van der Waals surface area contributed by atoms with E-state index in [1.54, 1.807) is 16.8 Å². The number of aryl methyl sites for hydroxylation is 1. The molecule has 0 amide bonds. The van der Waals surface area contributed by atoms with Crippen molar-refractivity contribution in [2.45, 2.75) is 13.5 Å². The summed E-state index contributed by atoms with van der Waals surface area (Å²) in [5.74, 6) is -0.181. The molecule has 0 saturated carbocycles. The van der Waals surface area contributed by atoms with Crippen LogP contribution in [0.4, 0.5) is 17.3 Å². The Labute approximate surface area is 79.0 Å². The van der Waals surface area contributed by atoms with Gasteiger partial charge in [-0.2, -0.15) is 4.57 Å². The average molecular weight is 213 g/mol. The Morgan fingerprint density at radius 3 is 2.07 bits per heavy atom. The molecule has 1 nitrogen and oxygen atoms in total. The van der Waals surface area contributed by atoms with Gasteiger partial charge in [0.15, 0.2) is 6.20 Å². The van der Waals surface area contributed by atoms with Gasteiger partial charge in [0.05, 0.1) is 0 Å². The summed E-state index contributed by atoms with van der Waals surface area (Å²) >= 11 is 0. The summed E-state index contributed by atoms with van der Waals surface area (Å²) < 4.78 is 43.1. The van der Waals surface area contributed by atoms with E-state index in [0.717, 1.165) is 0 Å². The van der Waals surface area contributed by atoms with E-state index in [9.17, 15) is 17.3 Å². The highest BCUT2D eigenvalue weighted by Crippen LogP contribution is 1.85. The molecule has 1 heterocycles. The van der Waals surface area contributed by atoms with E-state index in [0.29, 0.717) is 6.54 Å². The molecule has 14 heavy (non-hydrogen) atoms. The Morgan fingerprint density at radius 1 is 1.29 bits per heavy atom. The third-order valence-corrected chi connectivity index (χ3v) is 1.23. The average Bonchev–Trinajstić information content (AvgIpc) is 2.04. The highest BCUT2D eigenvalue weighted by molar-refractivity contribution is 6.33. The second-order valence-electron chi connectivity index (χ2n) is 2.06. The lowest BCUT2D eigenvalue weighted by Gasteiger charge is -1.88. The van der Waals surface area contributed by atoms with E-state index in [1.807, 2.05) is 13.0 Å². The number of hydrogen-bond donors (Lipinski definition) is 0. The zero-order chi connectivity index (χ0) is 10.3. The van der Waals surface area contributed by atoms with Crippen molar-refractivity contribution in [2.75, 3.05) is 0 Å². The molecule has 0 saturated heterocycles. The predicted molar refractivity (Wildman–Crippen MR) is 41.3 cm³/mol. The molecular weight excluding hydrogens is 204 g/mol. The quantitative estimate of drug-likeness (QED) is 0.244. The molecule has 0 atom stereocenters. The molecule has 0 radical (unpaired) electrons. The Morgan fingerprint density at radius 2 is 1.79 bits per heavy atom. The van der Waals surface area contributed by atoms with Crippen LogP contribution in [-0.2, 0) is 6.54 Å². The number of aromatic nitrogens is 1. The molecule has 0 aromatic carbocycles. The fraction of sp³-hybridized carbons (Fsp3) is 0.286. The van der Waals surface area contributed by atoms with Crippen molar-refractivity contribution < 1.29 is 26.6 Å². The van der Waals surface area contributed by atoms with E-state index < -0.39 is 7.54 Å². The zero-order valence-corrected chi connectivity index (χ0v) is 7.43. The maximum atomic E-state index is 12.6. The fourth-order valence-corrected chi connectivity index (χ4v) is 0.712. The molecule has 0 fully saturated rings. The highest BCUT2D eigenvalue weighted by Gasteiger charge is 2.06. The third kappa shape index (κ3) is 7.51. The molecule has 0 spiro atoms. The Hall–Kier alpha value is -1.14. The molecule has 7 heteroatoms. The lowest BCUT2D eigenvalue weighted by molar-refractivity contribution is -0.720. The van der Waals surface area contributed by atoms with Gasteiger partial charge < -0.3 is 4.70 Å². The van der Waals surface area contributed by atoms with Crippen molar-refractivity contribution in [1.29, 1.82) is 0 Å². The molecule has 0 N–H and O–H groups in total. The first-order valence-corrected chi connectivity index (χ1v) is 3.64. The van der Waals surface area contributed by atoms with Crippen LogP contribution in [0.1, 0.15) is 6.92 Å². The van der Waals surface area contributed by atoms with Gasteiger partial charge in [-0.3, -0.25) is 12.9 Å². The summed E-state index contributed by atoms with van der Waals surface area (Å²) in [4.78, 5) is 0. The summed E-state index contributed by atoms with van der Waals surface area (Å²) in [6, 6.07) is 4.94. The molecule has 0 bridgehead atoms. The van der Waals surface area contributed by atoms with Gasteiger partial charge >= 0.3 is 13.5 Å². The molecule has 1 aromatic rings. The Balaban J connectivity index is 0. The summed E-state index contributed by atoms with van der Waals surface area (Å²) in [6.07, 6.45) is 1.72. The van der Waals surface area contributed by atoms with Gasteiger partial charge in [-0.15, -0.1) is 4.39 Å². The molecular formula is C7H9BF5N. The van der Waals surface area contributed by atoms with Crippen LogP contribution in [0.3, 0.4) is 0 Å². The SMILES string of the molecule is CC[n+]1ccccc1F.FB(F)F.[F-]. The fourth-order valence-electron chi connectivity index (χ4n) is 0.712. The first kappa shape index (κ1) is 15.3. The van der Waals surface area contributed by atoms with Crippen LogP contribution in [0.2, 0.25) is 0 Å². The van der Waals surface area contributed by atoms with Crippen LogP contribution < -0.4 is 9.27 Å². The molecule has 0 aliphatic carbocycles. The normalized spacial score (nSPS) is 8.07. The van der Waals surface area contributed by atoms with E-state index in [2.05, 4.69) is 0 Å². The lowest BCUT2D eigenvalue weighted by Crippen LogP contribution is -3.00. The third-order valence-electron chi connectivity index (χ3n) is 1.23. The van der Waals surface area contributed by atoms with Gasteiger partial charge in [0.25, 0.3) is 0 Å². The van der Waals surface area contributed by atoms with Crippen LogP contribution in [0.5, 0.6) is 0 Å². The smallest absolute Gasteiger partial charge is 0.762 e. The maximum Gasteiger partial charge on any atom is 0.762 e. The second-order valence-corrected chi connectivity index (χ2v) is 2.06.